The van der Waals surface area contributed by atoms with Crippen LogP contribution in [0.2, 0.25) is 0 Å². The SMILES string of the molecule is CCC1(C)NC(=O)C2(CC(C)(C)N(OC3CCCCC3)C(C)(C)C2)O1. The maximum atomic E-state index is 12.9. The summed E-state index contributed by atoms with van der Waals surface area (Å²) in [7, 11) is 0. The Morgan fingerprint density at radius 3 is 2.12 bits per heavy atom. The molecule has 1 amide bonds. The van der Waals surface area contributed by atoms with E-state index in [-0.39, 0.29) is 17.0 Å². The summed E-state index contributed by atoms with van der Waals surface area (Å²) in [5, 5.41) is 5.27. The van der Waals surface area contributed by atoms with Crippen molar-refractivity contribution < 1.29 is 14.4 Å². The maximum Gasteiger partial charge on any atom is 0.254 e. The molecule has 25 heavy (non-hydrogen) atoms. The van der Waals surface area contributed by atoms with E-state index in [0.29, 0.717) is 18.9 Å². The lowest BCUT2D eigenvalue weighted by Gasteiger charge is -2.57. The molecule has 0 aromatic heterocycles. The molecule has 1 saturated carbocycles. The van der Waals surface area contributed by atoms with Gasteiger partial charge >= 0.3 is 0 Å². The number of nitrogens with zero attached hydrogens (tertiary/aromatic N) is 1. The molecule has 1 aliphatic carbocycles. The van der Waals surface area contributed by atoms with E-state index in [1.807, 2.05) is 6.92 Å². The number of hydroxylamine groups is 2. The van der Waals surface area contributed by atoms with E-state index < -0.39 is 11.3 Å². The van der Waals surface area contributed by atoms with Crippen LogP contribution in [0.1, 0.15) is 92.9 Å². The lowest BCUT2D eigenvalue weighted by molar-refractivity contribution is -0.329. The summed E-state index contributed by atoms with van der Waals surface area (Å²) in [5.74, 6) is 0.0373. The number of piperidine rings is 1. The molecule has 1 atom stereocenters. The first-order chi connectivity index (χ1) is 11.5. The first-order valence-electron chi connectivity index (χ1n) is 10.0. The topological polar surface area (TPSA) is 50.8 Å². The van der Waals surface area contributed by atoms with Gasteiger partial charge in [0.05, 0.1) is 6.10 Å². The van der Waals surface area contributed by atoms with E-state index in [1.54, 1.807) is 0 Å². The van der Waals surface area contributed by atoms with Crippen LogP contribution in [-0.2, 0) is 14.4 Å². The van der Waals surface area contributed by atoms with E-state index in [1.165, 1.54) is 19.3 Å². The Balaban J connectivity index is 1.83. The molecule has 1 N–H and O–H groups in total. The van der Waals surface area contributed by atoms with Crippen LogP contribution < -0.4 is 5.32 Å². The summed E-state index contributed by atoms with van der Waals surface area (Å²) >= 11 is 0. The number of amides is 1. The Labute approximate surface area is 152 Å². The largest absolute Gasteiger partial charge is 0.340 e. The zero-order valence-electron chi connectivity index (χ0n) is 16.9. The zero-order valence-corrected chi connectivity index (χ0v) is 16.9. The molecule has 3 rings (SSSR count). The van der Waals surface area contributed by atoms with Gasteiger partial charge in [-0.05, 0) is 53.9 Å². The predicted octanol–water partition coefficient (Wildman–Crippen LogP) is 3.92. The molecule has 3 aliphatic rings. The van der Waals surface area contributed by atoms with E-state index in [2.05, 4.69) is 45.0 Å². The van der Waals surface area contributed by atoms with Crippen molar-refractivity contribution in [2.75, 3.05) is 0 Å². The van der Waals surface area contributed by atoms with Gasteiger partial charge in [-0.3, -0.25) is 9.63 Å². The highest BCUT2D eigenvalue weighted by atomic mass is 16.7. The Morgan fingerprint density at radius 2 is 1.64 bits per heavy atom. The third-order valence-corrected chi connectivity index (χ3v) is 6.23. The first kappa shape index (κ1) is 19.1. The molecule has 2 aliphatic heterocycles. The summed E-state index contributed by atoms with van der Waals surface area (Å²) < 4.78 is 6.41. The molecule has 0 radical (unpaired) electrons. The van der Waals surface area contributed by atoms with Crippen molar-refractivity contribution in [2.45, 2.75) is 121 Å². The summed E-state index contributed by atoms with van der Waals surface area (Å²) in [6.07, 6.45) is 8.48. The summed E-state index contributed by atoms with van der Waals surface area (Å²) in [5.41, 5.74) is -1.86. The average molecular weight is 353 g/mol. The van der Waals surface area contributed by atoms with E-state index in [0.717, 1.165) is 19.3 Å². The molecule has 1 unspecified atom stereocenters. The van der Waals surface area contributed by atoms with Crippen LogP contribution in [0.25, 0.3) is 0 Å². The van der Waals surface area contributed by atoms with Crippen LogP contribution in [0.15, 0.2) is 0 Å². The second-order valence-electron chi connectivity index (χ2n) is 9.77. The monoisotopic (exact) mass is 352 g/mol. The van der Waals surface area contributed by atoms with Crippen molar-refractivity contribution >= 4 is 5.91 Å². The summed E-state index contributed by atoms with van der Waals surface area (Å²) in [4.78, 5) is 19.4. The van der Waals surface area contributed by atoms with Gasteiger partial charge < -0.3 is 10.1 Å². The van der Waals surface area contributed by atoms with Crippen LogP contribution in [0.5, 0.6) is 0 Å². The molecule has 1 spiro atoms. The van der Waals surface area contributed by atoms with Crippen LogP contribution in [0.3, 0.4) is 0 Å². The molecule has 0 aromatic carbocycles. The van der Waals surface area contributed by atoms with Crippen LogP contribution >= 0.6 is 0 Å². The van der Waals surface area contributed by atoms with Gasteiger partial charge in [-0.15, -0.1) is 0 Å². The Kier molecular flexibility index (Phi) is 4.75. The van der Waals surface area contributed by atoms with Gasteiger partial charge in [-0.1, -0.05) is 26.2 Å². The summed E-state index contributed by atoms with van der Waals surface area (Å²) in [6.45, 7) is 12.7. The fourth-order valence-electron chi connectivity index (χ4n) is 5.28. The Hall–Kier alpha value is -0.650. The number of carbonyl (C=O) groups is 1. The smallest absolute Gasteiger partial charge is 0.254 e. The third kappa shape index (κ3) is 3.47. The molecule has 3 fully saturated rings. The molecule has 144 valence electrons. The van der Waals surface area contributed by atoms with Crippen molar-refractivity contribution in [2.24, 2.45) is 0 Å². The van der Waals surface area contributed by atoms with Crippen molar-refractivity contribution in [3.8, 4) is 0 Å². The number of hydrogen-bond donors (Lipinski definition) is 1. The lowest BCUT2D eigenvalue weighted by atomic mass is 9.72. The molecular formula is C20H36N2O3. The molecule has 0 bridgehead atoms. The first-order valence-corrected chi connectivity index (χ1v) is 10.0. The average Bonchev–Trinajstić information content (AvgIpc) is 2.74. The standard InChI is InChI=1S/C20H36N2O3/c1-7-19(6)21-16(23)20(25-19)13-17(2,3)22(18(4,5)14-20)24-15-11-9-8-10-12-15/h15H,7-14H2,1-6H3,(H,21,23). The normalized spacial score (nSPS) is 35.0. The second kappa shape index (κ2) is 6.21. The van der Waals surface area contributed by atoms with Crippen LogP contribution in [0.4, 0.5) is 0 Å². The fourth-order valence-corrected chi connectivity index (χ4v) is 5.28. The van der Waals surface area contributed by atoms with Gasteiger partial charge in [0, 0.05) is 23.9 Å². The van der Waals surface area contributed by atoms with Gasteiger partial charge in [-0.25, -0.2) is 0 Å². The maximum absolute atomic E-state index is 12.9. The zero-order chi connectivity index (χ0) is 18.5. The Bertz CT molecular complexity index is 507. The molecule has 2 heterocycles. The predicted molar refractivity (Wildman–Crippen MR) is 97.8 cm³/mol. The van der Waals surface area contributed by atoms with E-state index in [9.17, 15) is 4.79 Å². The van der Waals surface area contributed by atoms with Crippen LogP contribution in [0, 0.1) is 0 Å². The number of nitrogens with one attached hydrogen (secondary N) is 1. The number of hydrogen-bond acceptors (Lipinski definition) is 4. The minimum atomic E-state index is -0.760. The number of ether oxygens (including phenoxy) is 1. The van der Waals surface area contributed by atoms with Gasteiger partial charge in [0.25, 0.3) is 5.91 Å². The highest BCUT2D eigenvalue weighted by Crippen LogP contribution is 2.49. The molecular weight excluding hydrogens is 316 g/mol. The lowest BCUT2D eigenvalue weighted by Crippen LogP contribution is -2.67. The van der Waals surface area contributed by atoms with Gasteiger partial charge in [0.15, 0.2) is 5.60 Å². The van der Waals surface area contributed by atoms with Gasteiger partial charge in [0.2, 0.25) is 0 Å². The number of rotatable bonds is 3. The van der Waals surface area contributed by atoms with Crippen molar-refractivity contribution in [3.05, 3.63) is 0 Å². The van der Waals surface area contributed by atoms with Gasteiger partial charge in [-0.2, -0.15) is 5.06 Å². The molecule has 5 heteroatoms. The minimum Gasteiger partial charge on any atom is -0.340 e. The van der Waals surface area contributed by atoms with Crippen molar-refractivity contribution in [1.29, 1.82) is 0 Å². The summed E-state index contributed by atoms with van der Waals surface area (Å²) in [6, 6.07) is 0. The second-order valence-corrected chi connectivity index (χ2v) is 9.77. The van der Waals surface area contributed by atoms with Crippen LogP contribution in [-0.4, -0.2) is 39.5 Å². The highest BCUT2D eigenvalue weighted by molar-refractivity contribution is 5.88. The van der Waals surface area contributed by atoms with E-state index in [4.69, 9.17) is 9.57 Å². The quantitative estimate of drug-likeness (QED) is 0.836. The third-order valence-electron chi connectivity index (χ3n) is 6.23. The highest BCUT2D eigenvalue weighted by Gasteiger charge is 2.62. The van der Waals surface area contributed by atoms with Crippen molar-refractivity contribution in [1.82, 2.24) is 10.4 Å². The van der Waals surface area contributed by atoms with Crippen molar-refractivity contribution in [3.63, 3.8) is 0 Å². The molecule has 2 saturated heterocycles. The van der Waals surface area contributed by atoms with E-state index >= 15 is 0 Å². The van der Waals surface area contributed by atoms with Gasteiger partial charge in [0.1, 0.15) is 5.72 Å². The molecule has 0 aromatic rings. The minimum absolute atomic E-state index is 0.0373. The molecule has 5 nitrogen and oxygen atoms in total. The number of carbonyl (C=O) groups excluding carboxylic acids is 1. The Morgan fingerprint density at radius 1 is 1.08 bits per heavy atom. The fraction of sp³-hybridized carbons (Fsp3) is 0.950.